The van der Waals surface area contributed by atoms with Crippen LogP contribution in [0.15, 0.2) is 40.9 Å². The molecule has 1 N–H and O–H groups in total. The van der Waals surface area contributed by atoms with Gasteiger partial charge in [0, 0.05) is 24.9 Å². The normalized spacial score (nSPS) is 23.4. The second-order valence-electron chi connectivity index (χ2n) is 6.79. The van der Waals surface area contributed by atoms with Gasteiger partial charge in [0.1, 0.15) is 0 Å². The quantitative estimate of drug-likeness (QED) is 0.885. The van der Waals surface area contributed by atoms with Gasteiger partial charge in [0.2, 0.25) is 11.8 Å². The van der Waals surface area contributed by atoms with Crippen LogP contribution in [0.25, 0.3) is 0 Å². The maximum absolute atomic E-state index is 12.6. The highest BCUT2D eigenvalue weighted by molar-refractivity contribution is 8.03. The van der Waals surface area contributed by atoms with Gasteiger partial charge in [0.15, 0.2) is 0 Å². The van der Waals surface area contributed by atoms with Crippen molar-refractivity contribution < 1.29 is 9.59 Å². The van der Waals surface area contributed by atoms with Crippen LogP contribution in [0.3, 0.4) is 0 Å². The van der Waals surface area contributed by atoms with Crippen LogP contribution in [0.2, 0.25) is 0 Å². The third-order valence-electron chi connectivity index (χ3n) is 5.02. The molecule has 1 fully saturated rings. The lowest BCUT2D eigenvalue weighted by Crippen LogP contribution is -2.43. The topological polar surface area (TPSA) is 73.2 Å². The molecule has 0 saturated carbocycles. The van der Waals surface area contributed by atoms with E-state index in [1.54, 1.807) is 0 Å². The van der Waals surface area contributed by atoms with Crippen LogP contribution >= 0.6 is 11.8 Å². The molecular formula is C20H23N3O2S. The Bertz CT molecular complexity index is 754. The number of amides is 2. The van der Waals surface area contributed by atoms with Gasteiger partial charge in [-0.25, -0.2) is 0 Å². The summed E-state index contributed by atoms with van der Waals surface area (Å²) in [6.07, 6.45) is 3.50. The van der Waals surface area contributed by atoms with E-state index in [4.69, 9.17) is 0 Å². The molecule has 0 unspecified atom stereocenters. The summed E-state index contributed by atoms with van der Waals surface area (Å²) in [5.74, 6) is -0.0456. The lowest BCUT2D eigenvalue weighted by molar-refractivity contribution is -0.131. The Labute approximate surface area is 158 Å². The zero-order valence-corrected chi connectivity index (χ0v) is 15.7. The van der Waals surface area contributed by atoms with E-state index in [9.17, 15) is 14.9 Å². The summed E-state index contributed by atoms with van der Waals surface area (Å²) >= 11 is 1.27. The molecule has 5 nitrogen and oxygen atoms in total. The monoisotopic (exact) mass is 369 g/mol. The molecule has 2 aliphatic heterocycles. The first kappa shape index (κ1) is 18.5. The number of thioether (sulfide) groups is 1. The van der Waals surface area contributed by atoms with E-state index in [-0.39, 0.29) is 35.9 Å². The van der Waals surface area contributed by atoms with E-state index >= 15 is 0 Å². The molecule has 0 spiro atoms. The first-order valence-electron chi connectivity index (χ1n) is 9.01. The van der Waals surface area contributed by atoms with Crippen LogP contribution in [0.4, 0.5) is 0 Å². The van der Waals surface area contributed by atoms with E-state index in [0.717, 1.165) is 31.4 Å². The molecule has 6 heteroatoms. The molecule has 1 aromatic rings. The van der Waals surface area contributed by atoms with Crippen molar-refractivity contribution in [2.75, 3.05) is 12.3 Å². The third-order valence-corrected chi connectivity index (χ3v) is 6.02. The Morgan fingerprint density at radius 3 is 2.81 bits per heavy atom. The number of carbonyl (C=O) groups excluding carboxylic acids is 2. The SMILES string of the molecule is C[C@H]1CCCCN1C(=O)CSC1=C(C#N)[C@@H](c2ccccc2)CC(=O)N1. The van der Waals surface area contributed by atoms with Crippen molar-refractivity contribution in [3.8, 4) is 6.07 Å². The van der Waals surface area contributed by atoms with E-state index in [1.807, 2.05) is 35.2 Å². The Morgan fingerprint density at radius 2 is 2.12 bits per heavy atom. The molecular weight excluding hydrogens is 346 g/mol. The number of allylic oxidation sites excluding steroid dienone is 1. The summed E-state index contributed by atoms with van der Waals surface area (Å²) in [5.41, 5.74) is 1.49. The van der Waals surface area contributed by atoms with Gasteiger partial charge in [0.25, 0.3) is 0 Å². The molecule has 0 aliphatic carbocycles. The second kappa shape index (κ2) is 8.41. The maximum Gasteiger partial charge on any atom is 0.233 e. The number of hydrogen-bond acceptors (Lipinski definition) is 4. The smallest absolute Gasteiger partial charge is 0.233 e. The van der Waals surface area contributed by atoms with Gasteiger partial charge in [-0.05, 0) is 31.7 Å². The number of benzene rings is 1. The summed E-state index contributed by atoms with van der Waals surface area (Å²) in [4.78, 5) is 26.6. The molecule has 0 radical (unpaired) electrons. The summed E-state index contributed by atoms with van der Waals surface area (Å²) in [7, 11) is 0. The number of likely N-dealkylation sites (tertiary alicyclic amines) is 1. The first-order valence-corrected chi connectivity index (χ1v) is 10.00. The van der Waals surface area contributed by atoms with E-state index in [1.165, 1.54) is 11.8 Å². The Morgan fingerprint density at radius 1 is 1.35 bits per heavy atom. The van der Waals surface area contributed by atoms with Gasteiger partial charge in [-0.1, -0.05) is 42.1 Å². The van der Waals surface area contributed by atoms with Crippen LogP contribution in [0.1, 0.15) is 44.1 Å². The van der Waals surface area contributed by atoms with Crippen molar-refractivity contribution in [3.05, 3.63) is 46.5 Å². The molecule has 1 aromatic carbocycles. The minimum atomic E-state index is -0.249. The van der Waals surface area contributed by atoms with Crippen molar-refractivity contribution in [2.24, 2.45) is 0 Å². The molecule has 136 valence electrons. The number of nitrogens with zero attached hydrogens (tertiary/aromatic N) is 2. The highest BCUT2D eigenvalue weighted by atomic mass is 32.2. The highest BCUT2D eigenvalue weighted by Gasteiger charge is 2.30. The molecule has 3 rings (SSSR count). The van der Waals surface area contributed by atoms with Crippen LogP contribution in [0, 0.1) is 11.3 Å². The molecule has 26 heavy (non-hydrogen) atoms. The minimum absolute atomic E-state index is 0.0723. The average molecular weight is 369 g/mol. The predicted molar refractivity (Wildman–Crippen MR) is 102 cm³/mol. The summed E-state index contributed by atoms with van der Waals surface area (Å²) in [6.45, 7) is 2.87. The summed E-state index contributed by atoms with van der Waals surface area (Å²) in [5, 5.41) is 13.0. The van der Waals surface area contributed by atoms with Crippen molar-refractivity contribution >= 4 is 23.6 Å². The lowest BCUT2D eigenvalue weighted by atomic mass is 9.87. The molecule has 2 heterocycles. The fraction of sp³-hybridized carbons (Fsp3) is 0.450. The van der Waals surface area contributed by atoms with Gasteiger partial charge < -0.3 is 10.2 Å². The minimum Gasteiger partial charge on any atom is -0.339 e. The van der Waals surface area contributed by atoms with Gasteiger partial charge in [-0.3, -0.25) is 9.59 Å². The van der Waals surface area contributed by atoms with E-state index < -0.39 is 0 Å². The summed E-state index contributed by atoms with van der Waals surface area (Å²) < 4.78 is 0. The Kier molecular flexibility index (Phi) is 6.00. The van der Waals surface area contributed by atoms with Crippen molar-refractivity contribution in [3.63, 3.8) is 0 Å². The van der Waals surface area contributed by atoms with Crippen molar-refractivity contribution in [2.45, 2.75) is 44.6 Å². The fourth-order valence-electron chi connectivity index (χ4n) is 3.59. The Hall–Kier alpha value is -2.26. The van der Waals surface area contributed by atoms with Gasteiger partial charge >= 0.3 is 0 Å². The molecule has 0 bridgehead atoms. The standard InChI is InChI=1S/C20H23N3O2S/c1-14-7-5-6-10-23(14)19(25)13-26-20-17(12-21)16(11-18(24)22-20)15-8-3-2-4-9-15/h2-4,8-9,14,16H,5-7,10-11,13H2,1H3,(H,22,24)/t14-,16+/m0/s1. The van der Waals surface area contributed by atoms with Crippen molar-refractivity contribution in [1.82, 2.24) is 10.2 Å². The van der Waals surface area contributed by atoms with Crippen LogP contribution < -0.4 is 5.32 Å². The van der Waals surface area contributed by atoms with Crippen molar-refractivity contribution in [1.29, 1.82) is 5.26 Å². The third kappa shape index (κ3) is 4.10. The molecule has 1 saturated heterocycles. The number of hydrogen-bond donors (Lipinski definition) is 1. The molecule has 2 aliphatic rings. The van der Waals surface area contributed by atoms with Crippen LogP contribution in [-0.4, -0.2) is 35.1 Å². The van der Waals surface area contributed by atoms with E-state index in [2.05, 4.69) is 18.3 Å². The zero-order valence-electron chi connectivity index (χ0n) is 14.9. The van der Waals surface area contributed by atoms with Gasteiger partial charge in [-0.15, -0.1) is 0 Å². The highest BCUT2D eigenvalue weighted by Crippen LogP contribution is 2.36. The molecule has 0 aromatic heterocycles. The number of nitrogens with one attached hydrogen (secondary N) is 1. The number of carbonyl (C=O) groups is 2. The van der Waals surface area contributed by atoms with Crippen LogP contribution in [-0.2, 0) is 9.59 Å². The summed E-state index contributed by atoms with van der Waals surface area (Å²) in [6, 6.07) is 12.1. The average Bonchev–Trinajstić information content (AvgIpc) is 2.66. The molecule has 2 atom stereocenters. The Balaban J connectivity index is 1.76. The zero-order chi connectivity index (χ0) is 18.5. The number of piperidine rings is 1. The maximum atomic E-state index is 12.6. The fourth-order valence-corrected chi connectivity index (χ4v) is 4.55. The number of rotatable bonds is 4. The van der Waals surface area contributed by atoms with Gasteiger partial charge in [-0.2, -0.15) is 5.26 Å². The predicted octanol–water partition coefficient (Wildman–Crippen LogP) is 3.16. The van der Waals surface area contributed by atoms with Crippen LogP contribution in [0.5, 0.6) is 0 Å². The van der Waals surface area contributed by atoms with E-state index in [0.29, 0.717) is 10.6 Å². The first-order chi connectivity index (χ1) is 12.6. The lowest BCUT2D eigenvalue weighted by Gasteiger charge is -2.33. The van der Waals surface area contributed by atoms with Gasteiger partial charge in [0.05, 0.1) is 22.4 Å². The largest absolute Gasteiger partial charge is 0.339 e. The second-order valence-corrected chi connectivity index (χ2v) is 7.78. The molecule has 2 amide bonds. The number of nitriles is 1.